The van der Waals surface area contributed by atoms with Gasteiger partial charge >= 0.3 is 0 Å². The first kappa shape index (κ1) is 43.3. The van der Waals surface area contributed by atoms with Crippen molar-refractivity contribution in [3.05, 3.63) is 89.9 Å². The van der Waals surface area contributed by atoms with E-state index in [0.717, 1.165) is 5.56 Å². The summed E-state index contributed by atoms with van der Waals surface area (Å²) in [5.41, 5.74) is 4.02. The fourth-order valence-electron chi connectivity index (χ4n) is 5.10. The SMILES string of the molecule is C#Cc1[nH]nc2cc(OCCOC)c(F)cc12.CCOc1ccc(-c2cc(-c3n[nH]c4cc(OCCOC)c(F)cc34)on2)cn1.CCOc1ccc(/C(Cl)=N/O)cn1. The summed E-state index contributed by atoms with van der Waals surface area (Å²) in [6.45, 7) is 6.17. The third-order valence-electron chi connectivity index (χ3n) is 7.88. The summed E-state index contributed by atoms with van der Waals surface area (Å²) in [5, 5.41) is 30.2. The number of pyridine rings is 2. The number of terminal acetylenes is 1. The predicted molar refractivity (Wildman–Crippen MR) is 214 cm³/mol. The molecule has 5 aromatic heterocycles. The minimum absolute atomic E-state index is 0.00977. The van der Waals surface area contributed by atoms with Gasteiger partial charge < -0.3 is 38.2 Å². The van der Waals surface area contributed by atoms with Crippen LogP contribution in [0.1, 0.15) is 25.1 Å². The first-order valence-corrected chi connectivity index (χ1v) is 18.2. The number of benzene rings is 2. The minimum Gasteiger partial charge on any atom is -0.488 e. The first-order chi connectivity index (χ1) is 28.7. The molecular formula is C40H39ClF2N8O8. The van der Waals surface area contributed by atoms with Crippen molar-refractivity contribution in [2.45, 2.75) is 13.8 Å². The summed E-state index contributed by atoms with van der Waals surface area (Å²) < 4.78 is 64.3. The van der Waals surface area contributed by atoms with E-state index in [0.29, 0.717) is 88.4 Å². The number of rotatable bonds is 15. The molecule has 0 spiro atoms. The molecule has 7 rings (SSSR count). The third kappa shape index (κ3) is 11.4. The van der Waals surface area contributed by atoms with Crippen LogP contribution in [-0.4, -0.2) is 99.8 Å². The summed E-state index contributed by atoms with van der Waals surface area (Å²) in [5.74, 6) is 3.19. The van der Waals surface area contributed by atoms with E-state index in [1.165, 1.54) is 24.4 Å². The molecule has 7 aromatic rings. The largest absolute Gasteiger partial charge is 0.488 e. The Labute approximate surface area is 341 Å². The van der Waals surface area contributed by atoms with Crippen LogP contribution in [0, 0.1) is 24.0 Å². The van der Waals surface area contributed by atoms with Crippen LogP contribution in [0.3, 0.4) is 0 Å². The molecule has 19 heteroatoms. The smallest absolute Gasteiger partial charge is 0.213 e. The average molecular weight is 833 g/mol. The molecule has 0 amide bonds. The number of oxime groups is 1. The zero-order chi connectivity index (χ0) is 42.1. The van der Waals surface area contributed by atoms with Crippen molar-refractivity contribution in [3.8, 4) is 58.3 Å². The molecule has 0 aliphatic carbocycles. The first-order valence-electron chi connectivity index (χ1n) is 17.8. The molecule has 0 aliphatic rings. The fourth-order valence-corrected chi connectivity index (χ4v) is 5.21. The summed E-state index contributed by atoms with van der Waals surface area (Å²) in [6, 6.07) is 14.4. The minimum atomic E-state index is -0.494. The summed E-state index contributed by atoms with van der Waals surface area (Å²) >= 11 is 5.54. The van der Waals surface area contributed by atoms with Crippen molar-refractivity contribution in [2.75, 3.05) is 53.9 Å². The number of nitrogens with zero attached hydrogens (tertiary/aromatic N) is 6. The van der Waals surface area contributed by atoms with E-state index in [4.69, 9.17) is 56.2 Å². The van der Waals surface area contributed by atoms with Crippen LogP contribution in [0.2, 0.25) is 0 Å². The van der Waals surface area contributed by atoms with Crippen LogP contribution in [0.4, 0.5) is 8.78 Å². The fraction of sp³-hybridized carbons (Fsp3) is 0.250. The van der Waals surface area contributed by atoms with Gasteiger partial charge in [-0.05, 0) is 38.1 Å². The van der Waals surface area contributed by atoms with E-state index in [9.17, 15) is 8.78 Å². The second-order valence-electron chi connectivity index (χ2n) is 11.7. The Bertz CT molecular complexity index is 2490. The van der Waals surface area contributed by atoms with Gasteiger partial charge in [0.05, 0.1) is 37.5 Å². The lowest BCUT2D eigenvalue weighted by molar-refractivity contribution is 0.144. The van der Waals surface area contributed by atoms with Gasteiger partial charge in [-0.25, -0.2) is 18.7 Å². The Hall–Kier alpha value is -6.81. The van der Waals surface area contributed by atoms with Crippen LogP contribution in [0.5, 0.6) is 23.3 Å². The lowest BCUT2D eigenvalue weighted by atomic mass is 10.1. The number of fused-ring (bicyclic) bond motifs is 2. The number of nitrogens with one attached hydrogen (secondary N) is 2. The zero-order valence-corrected chi connectivity index (χ0v) is 33.0. The molecule has 16 nitrogen and oxygen atoms in total. The predicted octanol–water partition coefficient (Wildman–Crippen LogP) is 7.41. The van der Waals surface area contributed by atoms with Crippen LogP contribution in [0.15, 0.2) is 76.7 Å². The van der Waals surface area contributed by atoms with Gasteiger partial charge in [0, 0.05) is 78.8 Å². The van der Waals surface area contributed by atoms with E-state index in [1.54, 1.807) is 50.7 Å². The molecule has 308 valence electrons. The van der Waals surface area contributed by atoms with Crippen LogP contribution < -0.4 is 18.9 Å². The standard InChI is InChI=1S/C20H19FN4O4.C12H11FN2O2.C8H9ClN2O2/c1-3-27-19-5-4-12(11-22-19)15-9-18(29-25-15)20-13-8-14(21)17(28-7-6-26-2)10-16(13)23-24-20;1-3-10-8-6-9(13)12(17-5-4-16-2)7-11(8)15-14-10;1-2-13-7-4-3-6(5-10-7)8(9)11-12/h4-5,8-11H,3,6-7H2,1-2H3,(H,23,24);1,6-7H,4-5H2,2H3,(H,14,15);3-5,12H,2H2,1H3/b;;11-8-. The van der Waals surface area contributed by atoms with Crippen molar-refractivity contribution in [1.29, 1.82) is 0 Å². The van der Waals surface area contributed by atoms with Gasteiger partial charge in [0.15, 0.2) is 34.1 Å². The van der Waals surface area contributed by atoms with Crippen molar-refractivity contribution in [1.82, 2.24) is 35.5 Å². The van der Waals surface area contributed by atoms with Crippen molar-refractivity contribution >= 4 is 38.6 Å². The molecule has 5 heterocycles. The lowest BCUT2D eigenvalue weighted by Crippen LogP contribution is -2.05. The van der Waals surface area contributed by atoms with Crippen LogP contribution in [-0.2, 0) is 9.47 Å². The molecule has 0 atom stereocenters. The summed E-state index contributed by atoms with van der Waals surface area (Å²) in [6.07, 6.45) is 8.39. The van der Waals surface area contributed by atoms with E-state index >= 15 is 0 Å². The van der Waals surface area contributed by atoms with Gasteiger partial charge in [0.25, 0.3) is 0 Å². The Morgan fingerprint density at radius 3 is 2.03 bits per heavy atom. The number of hydrogen-bond donors (Lipinski definition) is 3. The Morgan fingerprint density at radius 2 is 1.46 bits per heavy atom. The van der Waals surface area contributed by atoms with Gasteiger partial charge in [-0.3, -0.25) is 10.2 Å². The highest BCUT2D eigenvalue weighted by molar-refractivity contribution is 6.69. The number of H-pyrrole nitrogens is 2. The highest BCUT2D eigenvalue weighted by atomic mass is 35.5. The highest BCUT2D eigenvalue weighted by Gasteiger charge is 2.18. The number of aromatic amines is 2. The van der Waals surface area contributed by atoms with Crippen molar-refractivity contribution < 1.29 is 46.9 Å². The van der Waals surface area contributed by atoms with Crippen molar-refractivity contribution in [2.24, 2.45) is 5.16 Å². The maximum Gasteiger partial charge on any atom is 0.213 e. The summed E-state index contributed by atoms with van der Waals surface area (Å²) in [4.78, 5) is 8.16. The quantitative estimate of drug-likeness (QED) is 0.0304. The molecule has 0 saturated heterocycles. The molecule has 0 fully saturated rings. The zero-order valence-electron chi connectivity index (χ0n) is 32.3. The lowest BCUT2D eigenvalue weighted by Gasteiger charge is -2.06. The van der Waals surface area contributed by atoms with Gasteiger partial charge in [-0.2, -0.15) is 10.2 Å². The Balaban J connectivity index is 0.000000187. The Morgan fingerprint density at radius 1 is 0.814 bits per heavy atom. The maximum absolute atomic E-state index is 14.4. The second kappa shape index (κ2) is 21.6. The van der Waals surface area contributed by atoms with Crippen LogP contribution >= 0.6 is 11.6 Å². The van der Waals surface area contributed by atoms with E-state index in [-0.39, 0.29) is 29.9 Å². The number of halogens is 3. The second-order valence-corrected chi connectivity index (χ2v) is 12.1. The van der Waals surface area contributed by atoms with E-state index in [2.05, 4.69) is 46.6 Å². The van der Waals surface area contributed by atoms with E-state index < -0.39 is 11.6 Å². The molecule has 0 unspecified atom stereocenters. The molecule has 0 bridgehead atoms. The normalized spacial score (nSPS) is 11.0. The topological polar surface area (TPSA) is 197 Å². The number of aromatic nitrogens is 7. The van der Waals surface area contributed by atoms with Gasteiger partial charge in [0.2, 0.25) is 11.8 Å². The molecule has 0 saturated carbocycles. The number of methoxy groups -OCH3 is 2. The third-order valence-corrected chi connectivity index (χ3v) is 8.17. The van der Waals surface area contributed by atoms with Gasteiger partial charge in [-0.1, -0.05) is 27.8 Å². The molecule has 2 aromatic carbocycles. The molecular weight excluding hydrogens is 794 g/mol. The average Bonchev–Trinajstić information content (AvgIpc) is 4.01. The van der Waals surface area contributed by atoms with Crippen LogP contribution in [0.25, 0.3) is 44.5 Å². The monoisotopic (exact) mass is 832 g/mol. The molecule has 0 aliphatic heterocycles. The molecule has 3 N–H and O–H groups in total. The number of hydrogen-bond acceptors (Lipinski definition) is 14. The maximum atomic E-state index is 14.4. The molecule has 59 heavy (non-hydrogen) atoms. The van der Waals surface area contributed by atoms with Crippen molar-refractivity contribution in [3.63, 3.8) is 0 Å². The van der Waals surface area contributed by atoms with Gasteiger partial charge in [0.1, 0.15) is 30.3 Å². The number of ether oxygens (including phenoxy) is 6. The highest BCUT2D eigenvalue weighted by Crippen LogP contribution is 2.33. The van der Waals surface area contributed by atoms with E-state index in [1.807, 2.05) is 19.9 Å². The summed E-state index contributed by atoms with van der Waals surface area (Å²) in [7, 11) is 3.11. The van der Waals surface area contributed by atoms with Gasteiger partial charge in [-0.15, -0.1) is 6.42 Å². The Kier molecular flexibility index (Phi) is 15.9. The molecule has 0 radical (unpaired) electrons.